The summed E-state index contributed by atoms with van der Waals surface area (Å²) in [7, 11) is 0. The fourth-order valence-electron chi connectivity index (χ4n) is 4.66. The number of aromatic amines is 1. The zero-order valence-corrected chi connectivity index (χ0v) is 20.1. The first kappa shape index (κ1) is 23.5. The molecule has 37 heavy (non-hydrogen) atoms. The molecular formula is C25H23ClN8O3. The average molecular weight is 519 g/mol. The number of ether oxygens (including phenoxy) is 1. The second-order valence-corrected chi connectivity index (χ2v) is 9.06. The van der Waals surface area contributed by atoms with Gasteiger partial charge in [0.1, 0.15) is 24.6 Å². The molecule has 0 amide bonds. The molecule has 0 unspecified atom stereocenters. The van der Waals surface area contributed by atoms with E-state index in [4.69, 9.17) is 16.3 Å². The zero-order valence-electron chi connectivity index (χ0n) is 19.4. The first-order valence-electron chi connectivity index (χ1n) is 11.7. The number of nitrogens with zero attached hydrogens (tertiary/aromatic N) is 6. The summed E-state index contributed by atoms with van der Waals surface area (Å²) in [5.41, 5.74) is 3.11. The molecule has 188 valence electrons. The Balaban J connectivity index is 1.31. The molecule has 1 aliphatic rings. The number of anilines is 1. The van der Waals surface area contributed by atoms with Gasteiger partial charge >= 0.3 is 0 Å². The van der Waals surface area contributed by atoms with Crippen molar-refractivity contribution in [3.63, 3.8) is 0 Å². The van der Waals surface area contributed by atoms with Crippen LogP contribution in [-0.4, -0.2) is 63.7 Å². The van der Waals surface area contributed by atoms with Crippen LogP contribution in [0.2, 0.25) is 5.28 Å². The Morgan fingerprint density at radius 1 is 0.973 bits per heavy atom. The normalized spacial score (nSPS) is 21.6. The van der Waals surface area contributed by atoms with Crippen LogP contribution < -0.4 is 5.32 Å². The lowest BCUT2D eigenvalue weighted by Crippen LogP contribution is -2.29. The van der Waals surface area contributed by atoms with Crippen molar-refractivity contribution < 1.29 is 14.9 Å². The van der Waals surface area contributed by atoms with Crippen LogP contribution in [0.3, 0.4) is 0 Å². The maximum absolute atomic E-state index is 10.7. The van der Waals surface area contributed by atoms with Gasteiger partial charge in [0, 0.05) is 12.5 Å². The van der Waals surface area contributed by atoms with Gasteiger partial charge in [0.2, 0.25) is 5.28 Å². The van der Waals surface area contributed by atoms with Crippen LogP contribution in [0.15, 0.2) is 73.3 Å². The van der Waals surface area contributed by atoms with E-state index in [1.54, 1.807) is 0 Å². The number of nitrogens with one attached hydrogen (secondary N) is 2. The molecule has 0 radical (unpaired) electrons. The van der Waals surface area contributed by atoms with Crippen molar-refractivity contribution in [2.45, 2.75) is 30.5 Å². The molecule has 1 saturated heterocycles. The number of aliphatic hydroxyl groups excluding tert-OH is 2. The van der Waals surface area contributed by atoms with Gasteiger partial charge in [-0.1, -0.05) is 60.7 Å². The summed E-state index contributed by atoms with van der Waals surface area (Å²) in [5.74, 6) is 0.804. The highest BCUT2D eigenvalue weighted by atomic mass is 35.5. The van der Waals surface area contributed by atoms with Gasteiger partial charge in [-0.2, -0.15) is 15.1 Å². The number of rotatable bonds is 7. The molecule has 6 rings (SSSR count). The quantitative estimate of drug-likeness (QED) is 0.239. The molecule has 2 aromatic carbocycles. The Labute approximate surface area is 216 Å². The van der Waals surface area contributed by atoms with Crippen molar-refractivity contribution >= 4 is 28.6 Å². The summed E-state index contributed by atoms with van der Waals surface area (Å²) in [6, 6.07) is 20.4. The number of aliphatic hydroxyl groups is 2. The SMILES string of the molecule is O[C@@H]1[C@H](O)[C@@H](c2ncn[nH]2)O[C@H]1n1cnc2c(NCC(c3ccccc3)c3ccccc3)nc(Cl)nc21. The van der Waals surface area contributed by atoms with Gasteiger partial charge in [-0.25, -0.2) is 9.97 Å². The van der Waals surface area contributed by atoms with Crippen molar-refractivity contribution in [1.82, 2.24) is 34.7 Å². The van der Waals surface area contributed by atoms with Crippen molar-refractivity contribution in [1.29, 1.82) is 0 Å². The largest absolute Gasteiger partial charge is 0.387 e. The van der Waals surface area contributed by atoms with E-state index in [0.717, 1.165) is 11.1 Å². The number of aromatic nitrogens is 7. The van der Waals surface area contributed by atoms with Gasteiger partial charge in [0.25, 0.3) is 0 Å². The van der Waals surface area contributed by atoms with E-state index in [1.807, 2.05) is 36.4 Å². The lowest BCUT2D eigenvalue weighted by atomic mass is 9.91. The highest BCUT2D eigenvalue weighted by Gasteiger charge is 2.46. The van der Waals surface area contributed by atoms with Gasteiger partial charge in [0.05, 0.1) is 6.33 Å². The van der Waals surface area contributed by atoms with Crippen LogP contribution in [-0.2, 0) is 4.74 Å². The number of imidazole rings is 1. The molecule has 1 aliphatic heterocycles. The first-order valence-corrected chi connectivity index (χ1v) is 12.1. The predicted octanol–water partition coefficient (Wildman–Crippen LogP) is 2.83. The van der Waals surface area contributed by atoms with Gasteiger partial charge in [0.15, 0.2) is 29.0 Å². The lowest BCUT2D eigenvalue weighted by molar-refractivity contribution is -0.0382. The van der Waals surface area contributed by atoms with Gasteiger partial charge in [-0.15, -0.1) is 0 Å². The summed E-state index contributed by atoms with van der Waals surface area (Å²) in [5, 5.41) is 31.2. The molecule has 0 spiro atoms. The molecular weight excluding hydrogens is 496 g/mol. The van der Waals surface area contributed by atoms with Crippen LogP contribution in [0.5, 0.6) is 0 Å². The lowest BCUT2D eigenvalue weighted by Gasteiger charge is -2.19. The van der Waals surface area contributed by atoms with E-state index in [-0.39, 0.29) is 11.2 Å². The molecule has 11 nitrogen and oxygen atoms in total. The Morgan fingerprint density at radius 2 is 1.68 bits per heavy atom. The van der Waals surface area contributed by atoms with Gasteiger partial charge < -0.3 is 20.3 Å². The van der Waals surface area contributed by atoms with Crippen molar-refractivity contribution in [3.05, 3.63) is 95.6 Å². The van der Waals surface area contributed by atoms with Gasteiger partial charge in [-0.3, -0.25) is 9.67 Å². The minimum atomic E-state index is -1.27. The molecule has 4 atom stereocenters. The monoisotopic (exact) mass is 518 g/mol. The van der Waals surface area contributed by atoms with Crippen LogP contribution in [0, 0.1) is 0 Å². The molecule has 0 aliphatic carbocycles. The van der Waals surface area contributed by atoms with E-state index in [1.165, 1.54) is 17.2 Å². The maximum Gasteiger partial charge on any atom is 0.226 e. The standard InChI is InChI=1S/C25H23ClN8O3/c26-25-31-21(27-11-16(14-7-3-1-4-8-14)15-9-5-2-6-10-15)17-23(32-25)34(13-29-17)24-19(36)18(35)20(37-24)22-28-12-30-33-22/h1-10,12-13,16,18-20,24,35-36H,11H2,(H,27,31,32)(H,28,30,33)/t18-,19+,20-,24+/m0/s1. The Kier molecular flexibility index (Phi) is 6.26. The number of benzene rings is 2. The third-order valence-electron chi connectivity index (χ3n) is 6.49. The highest BCUT2D eigenvalue weighted by Crippen LogP contribution is 2.39. The van der Waals surface area contributed by atoms with Crippen LogP contribution in [0.4, 0.5) is 5.82 Å². The molecule has 5 aromatic rings. The highest BCUT2D eigenvalue weighted by molar-refractivity contribution is 6.28. The summed E-state index contributed by atoms with van der Waals surface area (Å²) < 4.78 is 7.47. The predicted molar refractivity (Wildman–Crippen MR) is 135 cm³/mol. The number of hydrogen-bond donors (Lipinski definition) is 4. The number of halogens is 1. The van der Waals surface area contributed by atoms with E-state index < -0.39 is 24.5 Å². The van der Waals surface area contributed by atoms with E-state index in [0.29, 0.717) is 29.4 Å². The zero-order chi connectivity index (χ0) is 25.4. The second-order valence-electron chi connectivity index (χ2n) is 8.72. The third kappa shape index (κ3) is 4.42. The Bertz CT molecular complexity index is 1440. The molecule has 4 heterocycles. The minimum absolute atomic E-state index is 0.00698. The number of fused-ring (bicyclic) bond motifs is 1. The molecule has 0 saturated carbocycles. The fourth-order valence-corrected chi connectivity index (χ4v) is 4.83. The van der Waals surface area contributed by atoms with E-state index >= 15 is 0 Å². The van der Waals surface area contributed by atoms with Crippen LogP contribution in [0.1, 0.15) is 35.2 Å². The topological polar surface area (TPSA) is 147 Å². The van der Waals surface area contributed by atoms with E-state index in [2.05, 4.69) is 59.7 Å². The Hall–Kier alpha value is -3.90. The first-order chi connectivity index (χ1) is 18.1. The van der Waals surface area contributed by atoms with Crippen LogP contribution in [0.25, 0.3) is 11.2 Å². The van der Waals surface area contributed by atoms with Crippen molar-refractivity contribution in [2.75, 3.05) is 11.9 Å². The molecule has 12 heteroatoms. The molecule has 3 aromatic heterocycles. The molecule has 4 N–H and O–H groups in total. The van der Waals surface area contributed by atoms with E-state index in [9.17, 15) is 10.2 Å². The van der Waals surface area contributed by atoms with Crippen molar-refractivity contribution in [2.24, 2.45) is 0 Å². The van der Waals surface area contributed by atoms with Gasteiger partial charge in [-0.05, 0) is 22.7 Å². The third-order valence-corrected chi connectivity index (χ3v) is 6.66. The maximum atomic E-state index is 10.7. The number of H-pyrrole nitrogens is 1. The molecule has 0 bridgehead atoms. The number of hydrogen-bond acceptors (Lipinski definition) is 9. The average Bonchev–Trinajstić information content (AvgIpc) is 3.66. The minimum Gasteiger partial charge on any atom is -0.387 e. The summed E-state index contributed by atoms with van der Waals surface area (Å²) in [4.78, 5) is 17.2. The fraction of sp³-hybridized carbons (Fsp3) is 0.240. The Morgan fingerprint density at radius 3 is 2.32 bits per heavy atom. The smallest absolute Gasteiger partial charge is 0.226 e. The second kappa shape index (κ2) is 9.87. The summed E-state index contributed by atoms with van der Waals surface area (Å²) in [6.45, 7) is 0.526. The molecule has 1 fully saturated rings. The summed E-state index contributed by atoms with van der Waals surface area (Å²) in [6.07, 6.45) is -1.58. The van der Waals surface area contributed by atoms with Crippen molar-refractivity contribution in [3.8, 4) is 0 Å². The van der Waals surface area contributed by atoms with Crippen LogP contribution >= 0.6 is 11.6 Å². The summed E-state index contributed by atoms with van der Waals surface area (Å²) >= 11 is 6.30.